The number of aryl methyl sites for hydroxylation is 3. The van der Waals surface area contributed by atoms with E-state index in [9.17, 15) is 8.42 Å². The zero-order valence-electron chi connectivity index (χ0n) is 18.9. The maximum absolute atomic E-state index is 11.2. The number of anilines is 1. The Labute approximate surface area is 191 Å². The van der Waals surface area contributed by atoms with E-state index in [1.54, 1.807) is 0 Å². The van der Waals surface area contributed by atoms with Gasteiger partial charge in [0.25, 0.3) is 7.82 Å². The summed E-state index contributed by atoms with van der Waals surface area (Å²) in [4.78, 5) is 22.9. The number of nitrogens with zero attached hydrogens (tertiary/aromatic N) is 2. The van der Waals surface area contributed by atoms with E-state index >= 15 is 0 Å². The lowest BCUT2D eigenvalue weighted by Crippen LogP contribution is -2.30. The van der Waals surface area contributed by atoms with E-state index in [0.717, 1.165) is 32.4 Å². The summed E-state index contributed by atoms with van der Waals surface area (Å²) in [5.41, 5.74) is 1.86. The maximum atomic E-state index is 11.2. The SMILES string of the molecule is CCCCCCC[n+]1ccn(CCCCc2ccc(NS(C)(=O)=O)cc2)c1.O=P([O-])(O)O. The molecule has 0 fully saturated rings. The predicted octanol–water partition coefficient (Wildman–Crippen LogP) is 2.58. The van der Waals surface area contributed by atoms with Gasteiger partial charge in [-0.1, -0.05) is 38.3 Å². The summed E-state index contributed by atoms with van der Waals surface area (Å²) in [6.45, 7) is 4.40. The zero-order valence-corrected chi connectivity index (χ0v) is 20.6. The van der Waals surface area contributed by atoms with Crippen molar-refractivity contribution in [3.63, 3.8) is 0 Å². The average Bonchev–Trinajstić information content (AvgIpc) is 3.11. The van der Waals surface area contributed by atoms with Crippen molar-refractivity contribution < 1.29 is 32.2 Å². The Bertz CT molecular complexity index is 917. The van der Waals surface area contributed by atoms with Crippen LogP contribution in [0.3, 0.4) is 0 Å². The smallest absolute Gasteiger partial charge is 0.262 e. The number of unbranched alkanes of at least 4 members (excludes halogenated alkanes) is 5. The summed E-state index contributed by atoms with van der Waals surface area (Å²) in [6, 6.07) is 7.64. The van der Waals surface area contributed by atoms with E-state index in [1.807, 2.05) is 24.3 Å². The molecular weight excluding hydrogens is 453 g/mol. The number of aromatic nitrogens is 2. The minimum atomic E-state index is -4.89. The van der Waals surface area contributed by atoms with Crippen molar-refractivity contribution in [2.45, 2.75) is 71.4 Å². The molecule has 0 amide bonds. The summed E-state index contributed by atoms with van der Waals surface area (Å²) in [5.74, 6) is 0. The molecule has 0 aliphatic carbocycles. The van der Waals surface area contributed by atoms with Crippen molar-refractivity contribution in [2.75, 3.05) is 11.0 Å². The van der Waals surface area contributed by atoms with Crippen LogP contribution in [0.1, 0.15) is 57.4 Å². The third-order valence-corrected chi connectivity index (χ3v) is 5.26. The van der Waals surface area contributed by atoms with Crippen LogP contribution in [0.2, 0.25) is 0 Å². The molecule has 0 atom stereocenters. The molecule has 32 heavy (non-hydrogen) atoms. The second-order valence-electron chi connectivity index (χ2n) is 7.82. The third-order valence-electron chi connectivity index (χ3n) is 4.66. The highest BCUT2D eigenvalue weighted by Crippen LogP contribution is 2.19. The second kappa shape index (κ2) is 14.4. The summed E-state index contributed by atoms with van der Waals surface area (Å²) in [5, 5.41) is 0. The molecule has 0 saturated carbocycles. The largest absolute Gasteiger partial charge is 0.756 e. The van der Waals surface area contributed by atoms with E-state index in [-0.39, 0.29) is 0 Å². The van der Waals surface area contributed by atoms with Gasteiger partial charge in [0, 0.05) is 5.69 Å². The molecule has 0 spiro atoms. The number of imidazole rings is 1. The van der Waals surface area contributed by atoms with Gasteiger partial charge in [0.15, 0.2) is 0 Å². The number of phosphoric acid groups is 1. The summed E-state index contributed by atoms with van der Waals surface area (Å²) in [7, 11) is -8.09. The molecule has 11 heteroatoms. The van der Waals surface area contributed by atoms with Crippen molar-refractivity contribution in [2.24, 2.45) is 0 Å². The van der Waals surface area contributed by atoms with Crippen LogP contribution < -0.4 is 14.2 Å². The van der Waals surface area contributed by atoms with Crippen molar-refractivity contribution >= 4 is 23.5 Å². The van der Waals surface area contributed by atoms with E-state index in [0.29, 0.717) is 5.69 Å². The topological polar surface area (TPSA) is 136 Å². The molecule has 1 heterocycles. The monoisotopic (exact) mass is 489 g/mol. The van der Waals surface area contributed by atoms with Crippen molar-refractivity contribution in [3.05, 3.63) is 48.5 Å². The van der Waals surface area contributed by atoms with Gasteiger partial charge in [-0.2, -0.15) is 0 Å². The zero-order chi connectivity index (χ0) is 24.0. The molecule has 1 aromatic carbocycles. The molecule has 2 aromatic rings. The molecule has 0 unspecified atom stereocenters. The molecule has 9 nitrogen and oxygen atoms in total. The summed E-state index contributed by atoms with van der Waals surface area (Å²) in [6.07, 6.45) is 17.6. The van der Waals surface area contributed by atoms with Gasteiger partial charge in [-0.05, 0) is 49.8 Å². The molecule has 3 N–H and O–H groups in total. The number of hydrogen-bond acceptors (Lipinski definition) is 4. The van der Waals surface area contributed by atoms with Crippen LogP contribution in [0, 0.1) is 0 Å². The van der Waals surface area contributed by atoms with Gasteiger partial charge in [0.2, 0.25) is 16.4 Å². The molecule has 0 saturated heterocycles. The summed E-state index contributed by atoms with van der Waals surface area (Å²) >= 11 is 0. The number of sulfonamides is 1. The Hall–Kier alpha value is -1.71. The van der Waals surface area contributed by atoms with Crippen molar-refractivity contribution in [1.82, 2.24) is 4.57 Å². The highest BCUT2D eigenvalue weighted by molar-refractivity contribution is 7.92. The molecule has 2 rings (SSSR count). The van der Waals surface area contributed by atoms with Gasteiger partial charge in [-0.25, -0.2) is 17.6 Å². The Morgan fingerprint density at radius 3 is 2.28 bits per heavy atom. The molecule has 0 aliphatic rings. The van der Waals surface area contributed by atoms with Crippen LogP contribution in [0.25, 0.3) is 0 Å². The van der Waals surface area contributed by atoms with Crippen LogP contribution in [0.4, 0.5) is 5.69 Å². The van der Waals surface area contributed by atoms with Crippen LogP contribution in [-0.2, 0) is 34.1 Å². The molecule has 0 aliphatic heterocycles. The fourth-order valence-electron chi connectivity index (χ4n) is 3.18. The normalized spacial score (nSPS) is 11.7. The van der Waals surface area contributed by atoms with Gasteiger partial charge >= 0.3 is 0 Å². The number of hydrogen-bond donors (Lipinski definition) is 3. The first-order chi connectivity index (χ1) is 15.0. The van der Waals surface area contributed by atoms with Gasteiger partial charge in [-0.3, -0.25) is 9.29 Å². The van der Waals surface area contributed by atoms with Crippen molar-refractivity contribution in [3.8, 4) is 0 Å². The predicted molar refractivity (Wildman–Crippen MR) is 123 cm³/mol. The Balaban J connectivity index is 0.000000920. The summed E-state index contributed by atoms with van der Waals surface area (Å²) < 4.78 is 38.3. The lowest BCUT2D eigenvalue weighted by atomic mass is 10.1. The fraction of sp³-hybridized carbons (Fsp3) is 0.571. The van der Waals surface area contributed by atoms with Gasteiger partial charge < -0.3 is 14.7 Å². The molecule has 1 aromatic heterocycles. The van der Waals surface area contributed by atoms with Crippen molar-refractivity contribution in [1.29, 1.82) is 0 Å². The lowest BCUT2D eigenvalue weighted by Gasteiger charge is -2.05. The van der Waals surface area contributed by atoms with E-state index in [2.05, 4.69) is 39.5 Å². The molecule has 0 radical (unpaired) electrons. The van der Waals surface area contributed by atoms with E-state index in [1.165, 1.54) is 43.9 Å². The Morgan fingerprint density at radius 1 is 1.06 bits per heavy atom. The van der Waals surface area contributed by atoms with Gasteiger partial charge in [-0.15, -0.1) is 0 Å². The molecule has 182 valence electrons. The average molecular weight is 490 g/mol. The Morgan fingerprint density at radius 2 is 1.69 bits per heavy atom. The Kier molecular flexibility index (Phi) is 12.8. The highest BCUT2D eigenvalue weighted by Gasteiger charge is 2.04. The number of rotatable bonds is 13. The number of benzene rings is 1. The first kappa shape index (κ1) is 28.3. The quantitative estimate of drug-likeness (QED) is 0.225. The minimum absolute atomic E-state index is 0.618. The first-order valence-electron chi connectivity index (χ1n) is 10.8. The number of nitrogens with one attached hydrogen (secondary N) is 1. The van der Waals surface area contributed by atoms with Crippen LogP contribution in [-0.4, -0.2) is 29.0 Å². The third kappa shape index (κ3) is 16.0. The first-order valence-corrected chi connectivity index (χ1v) is 14.3. The molecule has 0 bridgehead atoms. The lowest BCUT2D eigenvalue weighted by molar-refractivity contribution is -0.696. The standard InChI is InChI=1S/C21H34N3O2S.H3O4P/c1-3-4-5-6-8-15-23-17-18-24(19-23)16-9-7-10-20-11-13-21(14-12-20)22-27(2,25)26;1-5(2,3)4/h11-14,17-19,22H,3-10,15-16H2,1-2H3;(H3,1,2,3,4)/q+1;/p-1. The maximum Gasteiger partial charge on any atom is 0.262 e. The molecular formula is C21H36N3O6PS. The van der Waals surface area contributed by atoms with E-state index < -0.39 is 17.8 Å². The fourth-order valence-corrected chi connectivity index (χ4v) is 3.74. The van der Waals surface area contributed by atoms with Crippen LogP contribution in [0.15, 0.2) is 43.0 Å². The van der Waals surface area contributed by atoms with E-state index in [4.69, 9.17) is 19.2 Å². The van der Waals surface area contributed by atoms with Gasteiger partial charge in [0.1, 0.15) is 12.4 Å². The van der Waals surface area contributed by atoms with Crippen LogP contribution >= 0.6 is 7.82 Å². The van der Waals surface area contributed by atoms with Crippen LogP contribution in [0.5, 0.6) is 0 Å². The van der Waals surface area contributed by atoms with Gasteiger partial charge in [0.05, 0.1) is 19.3 Å². The second-order valence-corrected chi connectivity index (χ2v) is 10.6. The highest BCUT2D eigenvalue weighted by atomic mass is 32.2. The minimum Gasteiger partial charge on any atom is -0.756 e.